The Morgan fingerprint density at radius 1 is 1.42 bits per heavy atom. The van der Waals surface area contributed by atoms with Crippen LogP contribution >= 0.6 is 0 Å². The van der Waals surface area contributed by atoms with E-state index in [4.69, 9.17) is 15.9 Å². The Morgan fingerprint density at radius 3 is 2.33 bits per heavy atom. The summed E-state index contributed by atoms with van der Waals surface area (Å²) < 4.78 is 0. The summed E-state index contributed by atoms with van der Waals surface area (Å²) in [5, 5.41) is 17.2. The van der Waals surface area contributed by atoms with E-state index in [1.165, 1.54) is 0 Å². The fourth-order valence-electron chi connectivity index (χ4n) is 1.35. The van der Waals surface area contributed by atoms with Gasteiger partial charge in [0, 0.05) is 12.6 Å². The highest BCUT2D eigenvalue weighted by atomic mass is 16.4. The number of amides is 1. The molecule has 68 valence electrons. The largest absolute Gasteiger partial charge is 0.480 e. The lowest BCUT2D eigenvalue weighted by Gasteiger charge is -2.19. The first-order valence-corrected chi connectivity index (χ1v) is 3.52. The van der Waals surface area contributed by atoms with Crippen molar-refractivity contribution < 1.29 is 19.8 Å². The van der Waals surface area contributed by atoms with Crippen LogP contribution in [0.5, 0.6) is 0 Å². The smallest absolute Gasteiger partial charge is 0.408 e. The van der Waals surface area contributed by atoms with Crippen LogP contribution in [0.3, 0.4) is 0 Å². The van der Waals surface area contributed by atoms with Crippen LogP contribution < -0.4 is 5.73 Å². The molecule has 0 radical (unpaired) electrons. The molecule has 1 fully saturated rings. The fourth-order valence-corrected chi connectivity index (χ4v) is 1.35. The molecule has 1 rings (SSSR count). The van der Waals surface area contributed by atoms with E-state index < -0.39 is 24.1 Å². The van der Waals surface area contributed by atoms with Crippen molar-refractivity contribution in [3.8, 4) is 0 Å². The number of likely N-dealkylation sites (tertiary alicyclic amines) is 1. The molecular formula is C6H10N2O4. The maximum Gasteiger partial charge on any atom is 0.408 e. The number of rotatable bonds is 1. The molecule has 0 bridgehead atoms. The zero-order valence-electron chi connectivity index (χ0n) is 6.30. The van der Waals surface area contributed by atoms with E-state index in [-0.39, 0.29) is 6.54 Å². The van der Waals surface area contributed by atoms with Crippen LogP contribution in [0, 0.1) is 0 Å². The van der Waals surface area contributed by atoms with Crippen molar-refractivity contribution in [2.24, 2.45) is 5.73 Å². The number of aliphatic carboxylic acids is 1. The van der Waals surface area contributed by atoms with E-state index in [0.29, 0.717) is 6.42 Å². The van der Waals surface area contributed by atoms with Crippen molar-refractivity contribution in [1.82, 2.24) is 4.90 Å². The third kappa shape index (κ3) is 1.33. The highest BCUT2D eigenvalue weighted by Gasteiger charge is 2.39. The van der Waals surface area contributed by atoms with Gasteiger partial charge in [-0.25, -0.2) is 9.59 Å². The SMILES string of the molecule is N[C@H]1CCN(C(=O)O)[C@@H]1C(=O)O. The van der Waals surface area contributed by atoms with Gasteiger partial charge in [-0.05, 0) is 6.42 Å². The summed E-state index contributed by atoms with van der Waals surface area (Å²) in [7, 11) is 0. The second-order valence-corrected chi connectivity index (χ2v) is 2.71. The number of hydrogen-bond acceptors (Lipinski definition) is 3. The predicted octanol–water partition coefficient (Wildman–Crippen LogP) is -0.849. The minimum atomic E-state index is -1.23. The first-order valence-electron chi connectivity index (χ1n) is 3.52. The lowest BCUT2D eigenvalue weighted by atomic mass is 10.1. The fraction of sp³-hybridized carbons (Fsp3) is 0.667. The average Bonchev–Trinajstić information content (AvgIpc) is 2.30. The van der Waals surface area contributed by atoms with Gasteiger partial charge in [-0.15, -0.1) is 0 Å². The van der Waals surface area contributed by atoms with E-state index in [9.17, 15) is 9.59 Å². The number of nitrogens with two attached hydrogens (primary N) is 1. The number of carboxylic acid groups (broad SMARTS) is 2. The van der Waals surface area contributed by atoms with Gasteiger partial charge in [-0.1, -0.05) is 0 Å². The van der Waals surface area contributed by atoms with E-state index in [2.05, 4.69) is 0 Å². The molecule has 4 N–H and O–H groups in total. The summed E-state index contributed by atoms with van der Waals surface area (Å²) in [6, 6.07) is -1.67. The molecule has 0 unspecified atom stereocenters. The van der Waals surface area contributed by atoms with Crippen LogP contribution in [0.25, 0.3) is 0 Å². The Kier molecular flexibility index (Phi) is 2.18. The number of hydrogen-bond donors (Lipinski definition) is 3. The van der Waals surface area contributed by atoms with E-state index in [1.54, 1.807) is 0 Å². The quantitative estimate of drug-likeness (QED) is 0.480. The molecule has 0 aromatic heterocycles. The van der Waals surface area contributed by atoms with Crippen LogP contribution in [0.15, 0.2) is 0 Å². The van der Waals surface area contributed by atoms with Gasteiger partial charge < -0.3 is 15.9 Å². The van der Waals surface area contributed by atoms with Crippen molar-refractivity contribution in [3.63, 3.8) is 0 Å². The molecule has 0 saturated carbocycles. The van der Waals surface area contributed by atoms with Crippen LogP contribution in [0.2, 0.25) is 0 Å². The number of carbonyl (C=O) groups is 2. The summed E-state index contributed by atoms with van der Waals surface area (Å²) in [5.74, 6) is -1.18. The Labute approximate surface area is 68.6 Å². The lowest BCUT2D eigenvalue weighted by molar-refractivity contribution is -0.141. The molecular weight excluding hydrogens is 164 g/mol. The minimum Gasteiger partial charge on any atom is -0.480 e. The molecule has 0 spiro atoms. The summed E-state index contributed by atoms with van der Waals surface area (Å²) in [6.45, 7) is 0.202. The van der Waals surface area contributed by atoms with Crippen molar-refractivity contribution in [2.45, 2.75) is 18.5 Å². The summed E-state index contributed by atoms with van der Waals surface area (Å²) in [5.41, 5.74) is 5.42. The summed E-state index contributed by atoms with van der Waals surface area (Å²) in [6.07, 6.45) is -0.821. The maximum atomic E-state index is 10.5. The molecule has 12 heavy (non-hydrogen) atoms. The standard InChI is InChI=1S/C6H10N2O4/c7-3-1-2-8(6(11)12)4(3)5(9)10/h3-4H,1-2,7H2,(H,9,10)(H,11,12)/t3-,4-/m0/s1. The Balaban J connectivity index is 2.77. The van der Waals surface area contributed by atoms with Crippen molar-refractivity contribution in [1.29, 1.82) is 0 Å². The minimum absolute atomic E-state index is 0.202. The van der Waals surface area contributed by atoms with Gasteiger partial charge in [0.2, 0.25) is 0 Å². The topological polar surface area (TPSA) is 104 Å². The maximum absolute atomic E-state index is 10.5. The molecule has 1 aliphatic rings. The summed E-state index contributed by atoms with van der Waals surface area (Å²) in [4.78, 5) is 21.9. The van der Waals surface area contributed by atoms with E-state index in [0.717, 1.165) is 4.90 Å². The third-order valence-corrected chi connectivity index (χ3v) is 1.94. The average molecular weight is 174 g/mol. The van der Waals surface area contributed by atoms with Gasteiger partial charge in [0.05, 0.1) is 0 Å². The molecule has 1 aliphatic heterocycles. The van der Waals surface area contributed by atoms with Crippen LogP contribution in [0.1, 0.15) is 6.42 Å². The molecule has 0 aromatic carbocycles. The zero-order chi connectivity index (χ0) is 9.30. The van der Waals surface area contributed by atoms with Gasteiger partial charge in [-0.3, -0.25) is 4.90 Å². The normalized spacial score (nSPS) is 28.9. The molecule has 2 atom stereocenters. The van der Waals surface area contributed by atoms with Crippen molar-refractivity contribution in [3.05, 3.63) is 0 Å². The molecule has 0 aliphatic carbocycles. The van der Waals surface area contributed by atoms with E-state index in [1.807, 2.05) is 0 Å². The Hall–Kier alpha value is -1.30. The molecule has 6 nitrogen and oxygen atoms in total. The highest BCUT2D eigenvalue weighted by molar-refractivity contribution is 5.80. The first-order chi connectivity index (χ1) is 5.54. The van der Waals surface area contributed by atoms with Crippen LogP contribution in [-0.2, 0) is 4.79 Å². The second-order valence-electron chi connectivity index (χ2n) is 2.71. The molecule has 6 heteroatoms. The van der Waals surface area contributed by atoms with Gasteiger partial charge in [0.1, 0.15) is 6.04 Å². The monoisotopic (exact) mass is 174 g/mol. The first kappa shape index (κ1) is 8.79. The molecule has 1 heterocycles. The van der Waals surface area contributed by atoms with Crippen molar-refractivity contribution >= 4 is 12.1 Å². The number of nitrogens with zero attached hydrogens (tertiary/aromatic N) is 1. The second kappa shape index (κ2) is 2.98. The zero-order valence-corrected chi connectivity index (χ0v) is 6.30. The van der Waals surface area contributed by atoms with Crippen LogP contribution in [0.4, 0.5) is 4.79 Å². The Morgan fingerprint density at radius 2 is 2.00 bits per heavy atom. The summed E-state index contributed by atoms with van der Waals surface area (Å²) >= 11 is 0. The lowest BCUT2D eigenvalue weighted by Crippen LogP contribution is -2.47. The van der Waals surface area contributed by atoms with Gasteiger partial charge in [0.25, 0.3) is 0 Å². The van der Waals surface area contributed by atoms with Crippen molar-refractivity contribution in [2.75, 3.05) is 6.54 Å². The van der Waals surface area contributed by atoms with Gasteiger partial charge in [0.15, 0.2) is 0 Å². The van der Waals surface area contributed by atoms with Crippen LogP contribution in [-0.4, -0.2) is 45.8 Å². The number of carboxylic acids is 1. The molecule has 0 aromatic rings. The Bertz CT molecular complexity index is 218. The van der Waals surface area contributed by atoms with Gasteiger partial charge >= 0.3 is 12.1 Å². The third-order valence-electron chi connectivity index (χ3n) is 1.94. The highest BCUT2D eigenvalue weighted by Crippen LogP contribution is 2.16. The van der Waals surface area contributed by atoms with E-state index >= 15 is 0 Å². The van der Waals surface area contributed by atoms with Gasteiger partial charge in [-0.2, -0.15) is 0 Å². The predicted molar refractivity (Wildman–Crippen MR) is 38.7 cm³/mol. The molecule has 1 saturated heterocycles. The molecule has 1 amide bonds.